The molecule has 3 aromatic rings. The monoisotopic (exact) mass is 409 g/mol. The van der Waals surface area contributed by atoms with E-state index in [0.717, 1.165) is 6.42 Å². The maximum atomic E-state index is 12.1. The van der Waals surface area contributed by atoms with E-state index in [9.17, 15) is 9.59 Å². The van der Waals surface area contributed by atoms with Crippen LogP contribution in [-0.4, -0.2) is 23.4 Å². The molecule has 2 N–H and O–H groups in total. The second-order valence-electron chi connectivity index (χ2n) is 6.58. The van der Waals surface area contributed by atoms with Crippen molar-refractivity contribution in [2.45, 2.75) is 26.2 Å². The van der Waals surface area contributed by atoms with Gasteiger partial charge in [-0.05, 0) is 54.3 Å². The summed E-state index contributed by atoms with van der Waals surface area (Å²) in [4.78, 5) is 28.3. The van der Waals surface area contributed by atoms with E-state index in [0.29, 0.717) is 28.0 Å². The van der Waals surface area contributed by atoms with Gasteiger partial charge in [-0.25, -0.2) is 4.98 Å². The largest absolute Gasteiger partial charge is 0.484 e. The number of hydrogen-bond acceptors (Lipinski definition) is 5. The van der Waals surface area contributed by atoms with Crippen LogP contribution in [0.4, 0.5) is 10.8 Å². The van der Waals surface area contributed by atoms with E-state index in [2.05, 4.69) is 29.5 Å². The fraction of sp³-hybridized carbons (Fsp3) is 0.227. The summed E-state index contributed by atoms with van der Waals surface area (Å²) in [5, 5.41) is 7.80. The summed E-state index contributed by atoms with van der Waals surface area (Å²) in [5.74, 6) is 0.637. The average molecular weight is 410 g/mol. The second-order valence-corrected chi connectivity index (χ2v) is 7.48. The molecule has 7 heteroatoms. The zero-order valence-electron chi connectivity index (χ0n) is 16.3. The second kappa shape index (κ2) is 9.84. The van der Waals surface area contributed by atoms with Gasteiger partial charge in [0.15, 0.2) is 11.7 Å². The van der Waals surface area contributed by atoms with Crippen LogP contribution in [0, 0.1) is 0 Å². The molecule has 150 valence electrons. The predicted molar refractivity (Wildman–Crippen MR) is 116 cm³/mol. The number of hydrogen-bond donors (Lipinski definition) is 2. The smallest absolute Gasteiger partial charge is 0.262 e. The number of ether oxygens (including phenoxy) is 1. The number of nitrogens with zero attached hydrogens (tertiary/aromatic N) is 1. The van der Waals surface area contributed by atoms with Gasteiger partial charge in [0, 0.05) is 22.8 Å². The Labute approximate surface area is 173 Å². The molecular weight excluding hydrogens is 386 g/mol. The van der Waals surface area contributed by atoms with Crippen molar-refractivity contribution in [3.8, 4) is 5.75 Å². The van der Waals surface area contributed by atoms with E-state index < -0.39 is 0 Å². The highest BCUT2D eigenvalue weighted by Gasteiger charge is 2.09. The van der Waals surface area contributed by atoms with Crippen LogP contribution in [0.5, 0.6) is 5.75 Å². The maximum absolute atomic E-state index is 12.1. The summed E-state index contributed by atoms with van der Waals surface area (Å²) in [6.07, 6.45) is 2.70. The average Bonchev–Trinajstić information content (AvgIpc) is 3.25. The Hall–Kier alpha value is -3.19. The summed E-state index contributed by atoms with van der Waals surface area (Å²) in [6.45, 7) is 4.24. The van der Waals surface area contributed by atoms with Gasteiger partial charge in [-0.1, -0.05) is 26.0 Å². The molecular formula is C22H23N3O3S. The molecule has 0 bridgehead atoms. The van der Waals surface area contributed by atoms with Crippen molar-refractivity contribution >= 4 is 34.0 Å². The van der Waals surface area contributed by atoms with Crippen LogP contribution < -0.4 is 15.4 Å². The molecule has 1 aromatic heterocycles. The standard InChI is InChI=1S/C22H23N3O3S/c1-3-15(2)16-6-10-19(11-7-16)28-14-20(26)24-18-8-4-17(5-9-18)21(27)25-22-23-12-13-29-22/h4-13,15H,3,14H2,1-2H3,(H,24,26)(H,23,25,27)/t15-/m1/s1. The van der Waals surface area contributed by atoms with Crippen molar-refractivity contribution in [2.75, 3.05) is 17.2 Å². The minimum absolute atomic E-state index is 0.0883. The first-order chi connectivity index (χ1) is 14.0. The van der Waals surface area contributed by atoms with Gasteiger partial charge in [-0.2, -0.15) is 0 Å². The number of nitrogens with one attached hydrogen (secondary N) is 2. The van der Waals surface area contributed by atoms with E-state index >= 15 is 0 Å². The molecule has 6 nitrogen and oxygen atoms in total. The third-order valence-corrected chi connectivity index (χ3v) is 5.20. The third kappa shape index (κ3) is 5.89. The molecule has 0 aliphatic carbocycles. The lowest BCUT2D eigenvalue weighted by Crippen LogP contribution is -2.20. The molecule has 2 aromatic carbocycles. The minimum atomic E-state index is -0.268. The van der Waals surface area contributed by atoms with Gasteiger partial charge in [0.2, 0.25) is 0 Å². The molecule has 0 spiro atoms. The van der Waals surface area contributed by atoms with Crippen LogP contribution in [0.25, 0.3) is 0 Å². The number of aromatic nitrogens is 1. The van der Waals surface area contributed by atoms with Crippen molar-refractivity contribution < 1.29 is 14.3 Å². The zero-order valence-corrected chi connectivity index (χ0v) is 17.2. The lowest BCUT2D eigenvalue weighted by atomic mass is 9.99. The Morgan fingerprint density at radius 2 is 1.79 bits per heavy atom. The summed E-state index contributed by atoms with van der Waals surface area (Å²) in [6, 6.07) is 14.5. The normalized spacial score (nSPS) is 11.5. The minimum Gasteiger partial charge on any atom is -0.484 e. The van der Waals surface area contributed by atoms with Gasteiger partial charge < -0.3 is 10.1 Å². The van der Waals surface area contributed by atoms with Crippen LogP contribution in [0.15, 0.2) is 60.1 Å². The SMILES string of the molecule is CC[C@@H](C)c1ccc(OCC(=O)Nc2ccc(C(=O)Nc3nccs3)cc2)cc1. The van der Waals surface area contributed by atoms with Gasteiger partial charge in [-0.3, -0.25) is 14.9 Å². The Bertz CT molecular complexity index is 938. The van der Waals surface area contributed by atoms with Crippen LogP contribution in [0.1, 0.15) is 42.1 Å². The molecule has 1 atom stereocenters. The summed E-state index contributed by atoms with van der Waals surface area (Å²) in [5.41, 5.74) is 2.33. The Kier molecular flexibility index (Phi) is 6.97. The lowest BCUT2D eigenvalue weighted by Gasteiger charge is -2.11. The topological polar surface area (TPSA) is 80.3 Å². The Balaban J connectivity index is 1.48. The van der Waals surface area contributed by atoms with E-state index in [1.807, 2.05) is 24.3 Å². The van der Waals surface area contributed by atoms with E-state index in [4.69, 9.17) is 4.74 Å². The molecule has 0 saturated carbocycles. The zero-order chi connectivity index (χ0) is 20.6. The lowest BCUT2D eigenvalue weighted by molar-refractivity contribution is -0.118. The number of carbonyl (C=O) groups excluding carboxylic acids is 2. The highest BCUT2D eigenvalue weighted by molar-refractivity contribution is 7.13. The third-order valence-electron chi connectivity index (χ3n) is 4.52. The van der Waals surface area contributed by atoms with Crippen molar-refractivity contribution in [3.05, 3.63) is 71.2 Å². The quantitative estimate of drug-likeness (QED) is 0.553. The first-order valence-electron chi connectivity index (χ1n) is 9.38. The molecule has 29 heavy (non-hydrogen) atoms. The fourth-order valence-corrected chi connectivity index (χ4v) is 3.16. The van der Waals surface area contributed by atoms with Crippen LogP contribution in [-0.2, 0) is 4.79 Å². The van der Waals surface area contributed by atoms with Gasteiger partial charge in [0.05, 0.1) is 0 Å². The van der Waals surface area contributed by atoms with Crippen LogP contribution in [0.3, 0.4) is 0 Å². The van der Waals surface area contributed by atoms with E-state index in [-0.39, 0.29) is 18.4 Å². The fourth-order valence-electron chi connectivity index (χ4n) is 2.63. The summed E-state index contributed by atoms with van der Waals surface area (Å²) in [7, 11) is 0. The highest BCUT2D eigenvalue weighted by Crippen LogP contribution is 2.21. The molecule has 0 radical (unpaired) electrons. The number of rotatable bonds is 8. The molecule has 0 fully saturated rings. The predicted octanol–water partition coefficient (Wildman–Crippen LogP) is 4.93. The van der Waals surface area contributed by atoms with Crippen molar-refractivity contribution in [1.29, 1.82) is 0 Å². The van der Waals surface area contributed by atoms with Crippen LogP contribution in [0.2, 0.25) is 0 Å². The molecule has 0 saturated heterocycles. The molecule has 2 amide bonds. The molecule has 3 rings (SSSR count). The number of benzene rings is 2. The van der Waals surface area contributed by atoms with Gasteiger partial charge >= 0.3 is 0 Å². The maximum Gasteiger partial charge on any atom is 0.262 e. The van der Waals surface area contributed by atoms with Crippen molar-refractivity contribution in [3.63, 3.8) is 0 Å². The van der Waals surface area contributed by atoms with Crippen LogP contribution >= 0.6 is 11.3 Å². The first-order valence-corrected chi connectivity index (χ1v) is 10.3. The first kappa shape index (κ1) is 20.5. The van der Waals surface area contributed by atoms with Crippen molar-refractivity contribution in [2.24, 2.45) is 0 Å². The Morgan fingerprint density at radius 1 is 1.07 bits per heavy atom. The summed E-state index contributed by atoms with van der Waals surface area (Å²) >= 11 is 1.35. The number of amides is 2. The highest BCUT2D eigenvalue weighted by atomic mass is 32.1. The molecule has 0 aliphatic heterocycles. The number of carbonyl (C=O) groups is 2. The molecule has 0 aliphatic rings. The molecule has 1 heterocycles. The van der Waals surface area contributed by atoms with Gasteiger partial charge in [0.25, 0.3) is 11.8 Å². The van der Waals surface area contributed by atoms with Gasteiger partial charge in [-0.15, -0.1) is 11.3 Å². The number of thiazole rings is 1. The summed E-state index contributed by atoms with van der Waals surface area (Å²) < 4.78 is 5.55. The van der Waals surface area contributed by atoms with Crippen molar-refractivity contribution in [1.82, 2.24) is 4.98 Å². The number of anilines is 2. The molecule has 0 unspecified atom stereocenters. The van der Waals surface area contributed by atoms with E-state index in [1.54, 1.807) is 35.8 Å². The van der Waals surface area contributed by atoms with E-state index in [1.165, 1.54) is 16.9 Å². The Morgan fingerprint density at radius 3 is 2.41 bits per heavy atom. The van der Waals surface area contributed by atoms with Gasteiger partial charge in [0.1, 0.15) is 5.75 Å².